The smallest absolute Gasteiger partial charge is 0.163 e. The largest absolute Gasteiger partial charge is 0.504 e. The first-order valence-electron chi connectivity index (χ1n) is 3.73. The minimum absolute atomic E-state index is 0.0469. The van der Waals surface area contributed by atoms with Crippen molar-refractivity contribution < 1.29 is 5.11 Å². The van der Waals surface area contributed by atoms with Crippen LogP contribution in [0.4, 0.5) is 5.69 Å². The molecule has 4 heteroatoms. The van der Waals surface area contributed by atoms with E-state index in [1.54, 1.807) is 24.3 Å². The number of rotatable bonds is 1. The van der Waals surface area contributed by atoms with Gasteiger partial charge in [0, 0.05) is 5.39 Å². The van der Waals surface area contributed by atoms with Crippen molar-refractivity contribution in [2.75, 3.05) is 0 Å². The first kappa shape index (κ1) is 7.67. The first-order valence-corrected chi connectivity index (χ1v) is 3.73. The molecule has 1 N–H and O–H groups in total. The highest BCUT2D eigenvalue weighted by Crippen LogP contribution is 2.32. The van der Waals surface area contributed by atoms with Gasteiger partial charge in [-0.2, -0.15) is 0 Å². The Kier molecular flexibility index (Phi) is 1.66. The average Bonchev–Trinajstić information content (AvgIpc) is 2.18. The van der Waals surface area contributed by atoms with Crippen LogP contribution in [0.5, 0.6) is 5.75 Å². The molecule has 0 unspecified atom stereocenters. The van der Waals surface area contributed by atoms with E-state index in [1.807, 2.05) is 0 Å². The Bertz CT molecular complexity index is 468. The second kappa shape index (κ2) is 2.82. The number of nitroso groups, excluding NO2 is 1. The fourth-order valence-electron chi connectivity index (χ4n) is 1.21. The van der Waals surface area contributed by atoms with Crippen molar-refractivity contribution in [2.24, 2.45) is 5.18 Å². The van der Waals surface area contributed by atoms with Crippen LogP contribution >= 0.6 is 0 Å². The summed E-state index contributed by atoms with van der Waals surface area (Å²) < 4.78 is 0. The van der Waals surface area contributed by atoms with Crippen molar-refractivity contribution in [3.05, 3.63) is 35.4 Å². The zero-order valence-corrected chi connectivity index (χ0v) is 6.64. The number of aromatic nitrogens is 1. The van der Waals surface area contributed by atoms with Gasteiger partial charge in [0.2, 0.25) is 0 Å². The number of para-hydroxylation sites is 1. The van der Waals surface area contributed by atoms with Crippen LogP contribution in [0.25, 0.3) is 10.9 Å². The van der Waals surface area contributed by atoms with E-state index >= 15 is 0 Å². The van der Waals surface area contributed by atoms with E-state index < -0.39 is 0 Å². The highest BCUT2D eigenvalue weighted by atomic mass is 16.3. The summed E-state index contributed by atoms with van der Waals surface area (Å²) >= 11 is 0. The molecule has 0 aliphatic rings. The Morgan fingerprint density at radius 2 is 2.08 bits per heavy atom. The summed E-state index contributed by atoms with van der Waals surface area (Å²) in [4.78, 5) is 14.3. The molecule has 0 saturated carbocycles. The fourth-order valence-corrected chi connectivity index (χ4v) is 1.21. The van der Waals surface area contributed by atoms with Gasteiger partial charge in [-0.25, -0.2) is 0 Å². The predicted octanol–water partition coefficient (Wildman–Crippen LogP) is 2.34. The maximum atomic E-state index is 10.4. The molecule has 0 aliphatic carbocycles. The summed E-state index contributed by atoms with van der Waals surface area (Å²) in [5, 5.41) is 12.6. The Morgan fingerprint density at radius 1 is 1.31 bits per heavy atom. The van der Waals surface area contributed by atoms with Gasteiger partial charge in [0.15, 0.2) is 11.4 Å². The molecule has 2 rings (SSSR count). The van der Waals surface area contributed by atoms with Crippen molar-refractivity contribution in [2.45, 2.75) is 0 Å². The van der Waals surface area contributed by atoms with Crippen LogP contribution in [0.3, 0.4) is 0 Å². The highest BCUT2D eigenvalue weighted by Gasteiger charge is 2.06. The zero-order valence-electron chi connectivity index (χ0n) is 6.64. The highest BCUT2D eigenvalue weighted by molar-refractivity contribution is 5.92. The lowest BCUT2D eigenvalue weighted by molar-refractivity contribution is 0.475. The summed E-state index contributed by atoms with van der Waals surface area (Å²) in [5.41, 5.74) is 0.695. The maximum absolute atomic E-state index is 10.4. The van der Waals surface area contributed by atoms with Gasteiger partial charge in [0.05, 0.1) is 11.7 Å². The number of benzene rings is 1. The minimum Gasteiger partial charge on any atom is -0.504 e. The lowest BCUT2D eigenvalue weighted by atomic mass is 10.2. The van der Waals surface area contributed by atoms with Gasteiger partial charge < -0.3 is 5.11 Å². The van der Waals surface area contributed by atoms with Crippen molar-refractivity contribution in [3.63, 3.8) is 0 Å². The molecule has 1 aromatic heterocycles. The molecule has 1 aromatic carbocycles. The Labute approximate surface area is 73.8 Å². The quantitative estimate of drug-likeness (QED) is 0.675. The van der Waals surface area contributed by atoms with Crippen LogP contribution in [0.1, 0.15) is 0 Å². The van der Waals surface area contributed by atoms with Crippen molar-refractivity contribution in [3.8, 4) is 5.75 Å². The van der Waals surface area contributed by atoms with Gasteiger partial charge in [-0.15, -0.1) is 4.91 Å². The predicted molar refractivity (Wildman–Crippen MR) is 48.9 cm³/mol. The SMILES string of the molecule is O=Nc1c(O)cnc2ccccc12. The van der Waals surface area contributed by atoms with E-state index in [1.165, 1.54) is 6.20 Å². The number of nitrogens with zero attached hydrogens (tertiary/aromatic N) is 2. The third-order valence-corrected chi connectivity index (χ3v) is 1.82. The standard InChI is InChI=1S/C9H6N2O2/c12-8-5-10-7-4-2-1-3-6(7)9(8)11-13/h1-5,12H. The molecule has 0 radical (unpaired) electrons. The minimum atomic E-state index is -0.186. The van der Waals surface area contributed by atoms with E-state index in [-0.39, 0.29) is 11.4 Å². The molecule has 0 spiro atoms. The third kappa shape index (κ3) is 1.12. The van der Waals surface area contributed by atoms with Crippen molar-refractivity contribution >= 4 is 16.6 Å². The monoisotopic (exact) mass is 174 g/mol. The summed E-state index contributed by atoms with van der Waals surface area (Å²) in [6.07, 6.45) is 1.22. The zero-order chi connectivity index (χ0) is 9.26. The van der Waals surface area contributed by atoms with Gasteiger partial charge in [-0.05, 0) is 11.2 Å². The Balaban J connectivity index is 2.91. The normalized spacial score (nSPS) is 10.2. The lowest BCUT2D eigenvalue weighted by Gasteiger charge is -1.99. The second-order valence-electron chi connectivity index (χ2n) is 2.60. The molecule has 0 bridgehead atoms. The maximum Gasteiger partial charge on any atom is 0.163 e. The molecule has 2 aromatic rings. The molecule has 1 heterocycles. The second-order valence-corrected chi connectivity index (χ2v) is 2.60. The van der Waals surface area contributed by atoms with Gasteiger partial charge >= 0.3 is 0 Å². The number of pyridine rings is 1. The van der Waals surface area contributed by atoms with Crippen molar-refractivity contribution in [1.29, 1.82) is 0 Å². The van der Waals surface area contributed by atoms with Crippen LogP contribution in [0.2, 0.25) is 0 Å². The molecule has 64 valence electrons. The third-order valence-electron chi connectivity index (χ3n) is 1.82. The number of hydrogen-bond donors (Lipinski definition) is 1. The Hall–Kier alpha value is -1.97. The van der Waals surface area contributed by atoms with Gasteiger partial charge in [0.1, 0.15) is 0 Å². The molecule has 0 atom stereocenters. The number of fused-ring (bicyclic) bond motifs is 1. The van der Waals surface area contributed by atoms with Crippen LogP contribution in [0, 0.1) is 4.91 Å². The molecular weight excluding hydrogens is 168 g/mol. The molecule has 0 amide bonds. The molecule has 0 fully saturated rings. The van der Waals surface area contributed by atoms with E-state index in [9.17, 15) is 10.0 Å². The fraction of sp³-hybridized carbons (Fsp3) is 0. The summed E-state index contributed by atoms with van der Waals surface area (Å²) in [7, 11) is 0. The van der Waals surface area contributed by atoms with Crippen molar-refractivity contribution in [1.82, 2.24) is 4.98 Å². The van der Waals surface area contributed by atoms with Crippen LogP contribution in [-0.2, 0) is 0 Å². The Morgan fingerprint density at radius 3 is 2.85 bits per heavy atom. The number of hydrogen-bond acceptors (Lipinski definition) is 4. The molecule has 0 aliphatic heterocycles. The van der Waals surface area contributed by atoms with E-state index in [2.05, 4.69) is 10.2 Å². The van der Waals surface area contributed by atoms with Crippen LogP contribution in [0.15, 0.2) is 35.6 Å². The van der Waals surface area contributed by atoms with E-state index in [0.29, 0.717) is 10.9 Å². The lowest BCUT2D eigenvalue weighted by Crippen LogP contribution is -1.78. The average molecular weight is 174 g/mol. The van der Waals surface area contributed by atoms with Crippen LogP contribution in [-0.4, -0.2) is 10.1 Å². The van der Waals surface area contributed by atoms with E-state index in [4.69, 9.17) is 0 Å². The molecule has 0 saturated heterocycles. The molecule has 4 nitrogen and oxygen atoms in total. The molecular formula is C9H6N2O2. The van der Waals surface area contributed by atoms with Gasteiger partial charge in [0.25, 0.3) is 0 Å². The van der Waals surface area contributed by atoms with E-state index in [0.717, 1.165) is 0 Å². The summed E-state index contributed by atoms with van der Waals surface area (Å²) in [5.74, 6) is -0.186. The molecule has 13 heavy (non-hydrogen) atoms. The first-order chi connectivity index (χ1) is 6.33. The van der Waals surface area contributed by atoms with Crippen LogP contribution < -0.4 is 0 Å². The van der Waals surface area contributed by atoms with Gasteiger partial charge in [-0.1, -0.05) is 18.2 Å². The number of aromatic hydroxyl groups is 1. The summed E-state index contributed by atoms with van der Waals surface area (Å²) in [6.45, 7) is 0. The topological polar surface area (TPSA) is 62.5 Å². The van der Waals surface area contributed by atoms with Gasteiger partial charge in [-0.3, -0.25) is 4.98 Å². The summed E-state index contributed by atoms with van der Waals surface area (Å²) in [6, 6.07) is 7.02.